The summed E-state index contributed by atoms with van der Waals surface area (Å²) in [5.74, 6) is 1.72. The highest BCUT2D eigenvalue weighted by Gasteiger charge is 2.24. The smallest absolute Gasteiger partial charge is 0.287 e. The highest BCUT2D eigenvalue weighted by molar-refractivity contribution is 5.99. The number of hydrogen-bond acceptors (Lipinski definition) is 4. The van der Waals surface area contributed by atoms with Crippen LogP contribution < -0.4 is 15.0 Å². The summed E-state index contributed by atoms with van der Waals surface area (Å²) < 4.78 is 16.8. The number of amides is 1. The number of rotatable bonds is 7. The number of aryl methyl sites for hydroxylation is 1. The van der Waals surface area contributed by atoms with Crippen LogP contribution in [0.5, 0.6) is 5.75 Å². The summed E-state index contributed by atoms with van der Waals surface area (Å²) in [5, 5.41) is 3.86. The molecule has 1 amide bonds. The van der Waals surface area contributed by atoms with E-state index in [1.54, 1.807) is 6.26 Å². The second-order valence-corrected chi connectivity index (χ2v) is 6.50. The third-order valence-corrected chi connectivity index (χ3v) is 4.48. The lowest BCUT2D eigenvalue weighted by Crippen LogP contribution is -3.07. The number of carbonyl (C=O) groups is 1. The van der Waals surface area contributed by atoms with Crippen molar-refractivity contribution < 1.29 is 23.3 Å². The van der Waals surface area contributed by atoms with Crippen LogP contribution in [0.25, 0.3) is 11.0 Å². The van der Waals surface area contributed by atoms with Gasteiger partial charge in [0, 0.05) is 10.9 Å². The molecule has 0 aliphatic rings. The lowest BCUT2D eigenvalue weighted by Gasteiger charge is -2.19. The zero-order valence-electron chi connectivity index (χ0n) is 15.6. The van der Waals surface area contributed by atoms with Gasteiger partial charge in [0.15, 0.2) is 17.6 Å². The predicted octanol–water partition coefficient (Wildman–Crippen LogP) is 2.35. The minimum absolute atomic E-state index is 0.0307. The van der Waals surface area contributed by atoms with Crippen molar-refractivity contribution in [3.05, 3.63) is 53.7 Å². The van der Waals surface area contributed by atoms with Crippen LogP contribution in [0.2, 0.25) is 0 Å². The number of carbonyl (C=O) groups excluding carboxylic acids is 1. The van der Waals surface area contributed by atoms with E-state index in [9.17, 15) is 4.79 Å². The van der Waals surface area contributed by atoms with Crippen LogP contribution >= 0.6 is 0 Å². The van der Waals surface area contributed by atoms with E-state index in [0.29, 0.717) is 24.5 Å². The fourth-order valence-corrected chi connectivity index (χ4v) is 3.03. The van der Waals surface area contributed by atoms with Crippen LogP contribution in [0, 0.1) is 6.92 Å². The number of fused-ring (bicyclic) bond motifs is 1. The van der Waals surface area contributed by atoms with Crippen LogP contribution in [0.1, 0.15) is 34.8 Å². The molecule has 0 radical (unpaired) electrons. The van der Waals surface area contributed by atoms with Crippen LogP contribution in [0.4, 0.5) is 0 Å². The fourth-order valence-electron chi connectivity index (χ4n) is 3.03. The average molecular weight is 357 g/mol. The largest absolute Gasteiger partial charge is 0.494 e. The summed E-state index contributed by atoms with van der Waals surface area (Å²) in [6, 6.07) is 9.39. The molecule has 0 fully saturated rings. The van der Waals surface area contributed by atoms with E-state index >= 15 is 0 Å². The minimum Gasteiger partial charge on any atom is -0.494 e. The summed E-state index contributed by atoms with van der Waals surface area (Å²) in [5.41, 5.74) is 1.49. The van der Waals surface area contributed by atoms with E-state index in [-0.39, 0.29) is 11.9 Å². The number of quaternary nitrogens is 1. The molecular formula is C20H25N2O4+. The van der Waals surface area contributed by atoms with Gasteiger partial charge in [0.1, 0.15) is 11.3 Å². The topological polar surface area (TPSA) is 69.0 Å². The van der Waals surface area contributed by atoms with Crippen molar-refractivity contribution in [1.82, 2.24) is 5.32 Å². The molecule has 0 saturated carbocycles. The Morgan fingerprint density at radius 3 is 2.77 bits per heavy atom. The highest BCUT2D eigenvalue weighted by atomic mass is 16.5. The first-order valence-corrected chi connectivity index (χ1v) is 8.78. The molecule has 0 saturated heterocycles. The van der Waals surface area contributed by atoms with Crippen LogP contribution in [0.3, 0.4) is 0 Å². The summed E-state index contributed by atoms with van der Waals surface area (Å²) in [6.07, 6.45) is 1.65. The molecule has 6 nitrogen and oxygen atoms in total. The van der Waals surface area contributed by atoms with Gasteiger partial charge in [0.2, 0.25) is 0 Å². The summed E-state index contributed by atoms with van der Waals surface area (Å²) in [7, 11) is 4.06. The molecule has 0 spiro atoms. The molecule has 2 aromatic heterocycles. The second kappa shape index (κ2) is 7.66. The van der Waals surface area contributed by atoms with Gasteiger partial charge in [-0.1, -0.05) is 0 Å². The number of likely N-dealkylation sites (N-methyl/N-ethyl adjacent to an activating group) is 1. The number of hydrogen-bond donors (Lipinski definition) is 2. The number of benzene rings is 1. The van der Waals surface area contributed by atoms with Gasteiger partial charge in [-0.25, -0.2) is 0 Å². The van der Waals surface area contributed by atoms with Crippen LogP contribution in [0.15, 0.2) is 45.4 Å². The first kappa shape index (κ1) is 18.1. The Balaban J connectivity index is 1.78. The van der Waals surface area contributed by atoms with Crippen molar-refractivity contribution >= 4 is 16.9 Å². The summed E-state index contributed by atoms with van der Waals surface area (Å²) in [4.78, 5) is 13.8. The zero-order chi connectivity index (χ0) is 18.7. The molecule has 6 heteroatoms. The molecule has 0 aliphatic carbocycles. The lowest BCUT2D eigenvalue weighted by molar-refractivity contribution is -0.891. The van der Waals surface area contributed by atoms with Gasteiger partial charge in [0.05, 0.1) is 33.5 Å². The maximum atomic E-state index is 12.7. The van der Waals surface area contributed by atoms with Crippen LogP contribution in [-0.2, 0) is 0 Å². The minimum atomic E-state index is -0.227. The Hall–Kier alpha value is -2.73. The Labute approximate surface area is 152 Å². The highest BCUT2D eigenvalue weighted by Crippen LogP contribution is 2.29. The molecule has 1 aromatic carbocycles. The number of nitrogens with one attached hydrogen (secondary N) is 2. The normalized spacial score (nSPS) is 12.5. The Bertz CT molecular complexity index is 881. The molecule has 3 rings (SSSR count). The summed E-state index contributed by atoms with van der Waals surface area (Å²) >= 11 is 0. The molecule has 3 aromatic rings. The van der Waals surface area contributed by atoms with E-state index in [4.69, 9.17) is 13.6 Å². The molecule has 0 bridgehead atoms. The molecule has 2 N–H and O–H groups in total. The van der Waals surface area contributed by atoms with Gasteiger partial charge in [-0.3, -0.25) is 4.79 Å². The second-order valence-electron chi connectivity index (χ2n) is 6.50. The van der Waals surface area contributed by atoms with Gasteiger partial charge >= 0.3 is 0 Å². The van der Waals surface area contributed by atoms with Gasteiger partial charge in [-0.2, -0.15) is 0 Å². The van der Waals surface area contributed by atoms with E-state index < -0.39 is 0 Å². The average Bonchev–Trinajstić information content (AvgIpc) is 3.24. The quantitative estimate of drug-likeness (QED) is 0.681. The van der Waals surface area contributed by atoms with Gasteiger partial charge in [-0.15, -0.1) is 0 Å². The lowest BCUT2D eigenvalue weighted by atomic mass is 10.1. The number of ether oxygens (including phenoxy) is 1. The van der Waals surface area contributed by atoms with Crippen molar-refractivity contribution in [3.8, 4) is 5.75 Å². The maximum Gasteiger partial charge on any atom is 0.287 e. The van der Waals surface area contributed by atoms with Crippen molar-refractivity contribution in [2.45, 2.75) is 19.9 Å². The Morgan fingerprint density at radius 2 is 2.12 bits per heavy atom. The molecular weight excluding hydrogens is 332 g/mol. The monoisotopic (exact) mass is 357 g/mol. The van der Waals surface area contributed by atoms with Crippen molar-refractivity contribution in [1.29, 1.82) is 0 Å². The SMILES string of the molecule is CCOc1ccc2oc(C(=O)NC[C@H](c3ccco3)[NH+](C)C)c(C)c2c1. The van der Waals surface area contributed by atoms with Crippen molar-refractivity contribution in [2.75, 3.05) is 27.2 Å². The van der Waals surface area contributed by atoms with Crippen molar-refractivity contribution in [2.24, 2.45) is 0 Å². The third-order valence-electron chi connectivity index (χ3n) is 4.48. The molecule has 2 heterocycles. The Kier molecular flexibility index (Phi) is 5.32. The van der Waals surface area contributed by atoms with E-state index in [1.165, 1.54) is 4.90 Å². The molecule has 0 unspecified atom stereocenters. The third kappa shape index (κ3) is 3.60. The van der Waals surface area contributed by atoms with Gasteiger partial charge < -0.3 is 23.8 Å². The standard InChI is InChI=1S/C20H24N2O4/c1-5-24-14-8-9-17-15(11-14)13(2)19(26-17)20(23)21-12-16(22(3)4)18-7-6-10-25-18/h6-11,16H,5,12H2,1-4H3,(H,21,23)/p+1/t16-/m1/s1. The van der Waals surface area contributed by atoms with E-state index in [2.05, 4.69) is 5.32 Å². The van der Waals surface area contributed by atoms with E-state index in [1.807, 2.05) is 58.3 Å². The fraction of sp³-hybridized carbons (Fsp3) is 0.350. The predicted molar refractivity (Wildman–Crippen MR) is 98.7 cm³/mol. The zero-order valence-corrected chi connectivity index (χ0v) is 15.6. The molecule has 1 atom stereocenters. The van der Waals surface area contributed by atoms with Gasteiger partial charge in [0.25, 0.3) is 5.91 Å². The van der Waals surface area contributed by atoms with Crippen molar-refractivity contribution in [3.63, 3.8) is 0 Å². The first-order valence-electron chi connectivity index (χ1n) is 8.78. The molecule has 26 heavy (non-hydrogen) atoms. The van der Waals surface area contributed by atoms with E-state index in [0.717, 1.165) is 22.5 Å². The summed E-state index contributed by atoms with van der Waals surface area (Å²) in [6.45, 7) is 4.87. The van der Waals surface area contributed by atoms with Crippen LogP contribution in [-0.4, -0.2) is 33.2 Å². The number of furan rings is 2. The maximum absolute atomic E-state index is 12.7. The molecule has 138 valence electrons. The van der Waals surface area contributed by atoms with Gasteiger partial charge in [-0.05, 0) is 44.2 Å². The Morgan fingerprint density at radius 1 is 1.31 bits per heavy atom. The molecule has 0 aliphatic heterocycles. The first-order chi connectivity index (χ1) is 12.5.